The lowest BCUT2D eigenvalue weighted by atomic mass is 10.7. The fourth-order valence-electron chi connectivity index (χ4n) is 0.634. The van der Waals surface area contributed by atoms with Gasteiger partial charge in [0.15, 0.2) is 0 Å². The lowest BCUT2D eigenvalue weighted by Crippen LogP contribution is -2.10. The van der Waals surface area contributed by atoms with Gasteiger partial charge in [-0.3, -0.25) is 8.86 Å². The predicted molar refractivity (Wildman–Crippen MR) is 40.8 cm³/mol. The van der Waals surface area contributed by atoms with E-state index in [0.29, 0.717) is 6.54 Å². The maximum Gasteiger partial charge on any atom is 0.264 e. The Morgan fingerprint density at radius 3 is 2.83 bits per heavy atom. The second kappa shape index (κ2) is 3.63. The number of aromatic nitrogens is 3. The molecular formula is C5H9N3O3S. The van der Waals surface area contributed by atoms with Crippen molar-refractivity contribution in [3.05, 3.63) is 12.4 Å². The number of hydrogen-bond donors (Lipinski definition) is 0. The van der Waals surface area contributed by atoms with Crippen LogP contribution >= 0.6 is 0 Å². The Hall–Kier alpha value is -0.950. The number of nitrogens with zero attached hydrogens (tertiary/aromatic N) is 3. The van der Waals surface area contributed by atoms with Crippen LogP contribution in [-0.4, -0.2) is 36.3 Å². The van der Waals surface area contributed by atoms with Gasteiger partial charge < -0.3 is 0 Å². The van der Waals surface area contributed by atoms with Crippen molar-refractivity contribution in [1.29, 1.82) is 0 Å². The van der Waals surface area contributed by atoms with E-state index in [9.17, 15) is 8.42 Å². The Kier molecular flexibility index (Phi) is 2.77. The molecule has 0 aliphatic heterocycles. The van der Waals surface area contributed by atoms with Crippen LogP contribution < -0.4 is 0 Å². The molecule has 0 N–H and O–H groups in total. The normalized spacial score (nSPS) is 11.8. The largest absolute Gasteiger partial charge is 0.268 e. The monoisotopic (exact) mass is 191 g/mol. The molecule has 7 heteroatoms. The molecule has 1 rings (SSSR count). The van der Waals surface area contributed by atoms with Gasteiger partial charge in [0.1, 0.15) is 0 Å². The van der Waals surface area contributed by atoms with Crippen LogP contribution in [0.1, 0.15) is 0 Å². The van der Waals surface area contributed by atoms with Gasteiger partial charge in [-0.15, -0.1) is 5.10 Å². The first-order valence-electron chi connectivity index (χ1n) is 3.26. The fourth-order valence-corrected chi connectivity index (χ4v) is 1.01. The third kappa shape index (κ3) is 3.44. The van der Waals surface area contributed by atoms with Gasteiger partial charge >= 0.3 is 0 Å². The average molecular weight is 191 g/mol. The Labute approximate surface area is 70.3 Å². The van der Waals surface area contributed by atoms with Gasteiger partial charge in [0.2, 0.25) is 0 Å². The highest BCUT2D eigenvalue weighted by atomic mass is 32.2. The number of hydrogen-bond acceptors (Lipinski definition) is 5. The van der Waals surface area contributed by atoms with E-state index < -0.39 is 10.1 Å². The quantitative estimate of drug-likeness (QED) is 0.586. The van der Waals surface area contributed by atoms with Crippen LogP contribution in [0.25, 0.3) is 0 Å². The lowest BCUT2D eigenvalue weighted by Gasteiger charge is -1.99. The van der Waals surface area contributed by atoms with Crippen LogP contribution in [0.4, 0.5) is 0 Å². The van der Waals surface area contributed by atoms with Crippen LogP contribution in [0.3, 0.4) is 0 Å². The molecule has 0 radical (unpaired) electrons. The molecule has 0 amide bonds. The highest BCUT2D eigenvalue weighted by Gasteiger charge is 2.00. The third-order valence-corrected chi connectivity index (χ3v) is 1.68. The average Bonchev–Trinajstić information content (AvgIpc) is 2.36. The lowest BCUT2D eigenvalue weighted by molar-refractivity contribution is 0.295. The first kappa shape index (κ1) is 9.14. The molecule has 0 bridgehead atoms. The van der Waals surface area contributed by atoms with Crippen molar-refractivity contribution in [2.75, 3.05) is 12.9 Å². The molecule has 0 saturated carbocycles. The van der Waals surface area contributed by atoms with Gasteiger partial charge in [-0.2, -0.15) is 8.42 Å². The maximum atomic E-state index is 10.5. The van der Waals surface area contributed by atoms with Crippen LogP contribution in [0.2, 0.25) is 0 Å². The summed E-state index contributed by atoms with van der Waals surface area (Å²) in [6.45, 7) is 0.468. The van der Waals surface area contributed by atoms with Crippen LogP contribution in [-0.2, 0) is 20.8 Å². The summed E-state index contributed by atoms with van der Waals surface area (Å²) in [5.74, 6) is 0. The summed E-state index contributed by atoms with van der Waals surface area (Å²) in [6.07, 6.45) is 4.15. The van der Waals surface area contributed by atoms with E-state index in [-0.39, 0.29) is 6.61 Å². The van der Waals surface area contributed by atoms with Crippen molar-refractivity contribution in [2.24, 2.45) is 0 Å². The molecule has 0 unspecified atom stereocenters. The van der Waals surface area contributed by atoms with Gasteiger partial charge in [-0.25, -0.2) is 0 Å². The first-order chi connectivity index (χ1) is 5.58. The van der Waals surface area contributed by atoms with Crippen molar-refractivity contribution >= 4 is 10.1 Å². The Morgan fingerprint density at radius 1 is 1.58 bits per heavy atom. The zero-order valence-corrected chi connectivity index (χ0v) is 7.36. The highest BCUT2D eigenvalue weighted by Crippen LogP contribution is 1.88. The summed E-state index contributed by atoms with van der Waals surface area (Å²) in [5, 5.41) is 7.17. The van der Waals surface area contributed by atoms with E-state index >= 15 is 0 Å². The van der Waals surface area contributed by atoms with Crippen LogP contribution in [0.15, 0.2) is 12.4 Å². The molecule has 6 nitrogen and oxygen atoms in total. The molecule has 0 atom stereocenters. The zero-order chi connectivity index (χ0) is 9.03. The van der Waals surface area contributed by atoms with Crippen molar-refractivity contribution < 1.29 is 12.6 Å². The molecule has 1 aromatic rings. The van der Waals surface area contributed by atoms with E-state index in [2.05, 4.69) is 14.5 Å². The predicted octanol–water partition coefficient (Wildman–Crippen LogP) is -0.746. The Balaban J connectivity index is 2.29. The van der Waals surface area contributed by atoms with Crippen molar-refractivity contribution in [3.63, 3.8) is 0 Å². The number of rotatable bonds is 4. The second-order valence-electron chi connectivity index (χ2n) is 2.19. The summed E-state index contributed by atoms with van der Waals surface area (Å²) < 4.78 is 27.0. The van der Waals surface area contributed by atoms with Crippen LogP contribution in [0.5, 0.6) is 0 Å². The summed E-state index contributed by atoms with van der Waals surface area (Å²) in [5.41, 5.74) is 0. The second-order valence-corrected chi connectivity index (χ2v) is 3.84. The first-order valence-corrected chi connectivity index (χ1v) is 5.08. The van der Waals surface area contributed by atoms with Crippen LogP contribution in [0, 0.1) is 0 Å². The molecule has 0 saturated heterocycles. The zero-order valence-electron chi connectivity index (χ0n) is 6.54. The van der Waals surface area contributed by atoms with Crippen molar-refractivity contribution in [1.82, 2.24) is 15.0 Å². The molecule has 1 heterocycles. The van der Waals surface area contributed by atoms with Gasteiger partial charge in [0.25, 0.3) is 10.1 Å². The summed E-state index contributed by atoms with van der Waals surface area (Å²) >= 11 is 0. The highest BCUT2D eigenvalue weighted by molar-refractivity contribution is 7.85. The summed E-state index contributed by atoms with van der Waals surface area (Å²) in [4.78, 5) is 0. The molecule has 0 spiro atoms. The maximum absolute atomic E-state index is 10.5. The molecule has 0 aliphatic rings. The van der Waals surface area contributed by atoms with E-state index in [1.807, 2.05) is 0 Å². The molecule has 12 heavy (non-hydrogen) atoms. The molecule has 0 aromatic carbocycles. The molecule has 68 valence electrons. The van der Waals surface area contributed by atoms with Crippen molar-refractivity contribution in [3.8, 4) is 0 Å². The van der Waals surface area contributed by atoms with Gasteiger partial charge in [0.05, 0.1) is 25.6 Å². The minimum atomic E-state index is -3.34. The summed E-state index contributed by atoms with van der Waals surface area (Å²) in [6, 6.07) is 0. The standard InChI is InChI=1S/C5H9N3O3S/c1-12(9,10)11-5-4-8-3-2-6-7-8/h2-3H,4-5H2,1H3. The topological polar surface area (TPSA) is 74.1 Å². The minimum absolute atomic E-state index is 0.0855. The van der Waals surface area contributed by atoms with Gasteiger partial charge in [-0.1, -0.05) is 5.21 Å². The molecule has 0 aliphatic carbocycles. The van der Waals surface area contributed by atoms with E-state index in [0.717, 1.165) is 6.26 Å². The SMILES string of the molecule is CS(=O)(=O)OCCn1ccnn1. The van der Waals surface area contributed by atoms with E-state index in [1.54, 1.807) is 6.20 Å². The minimum Gasteiger partial charge on any atom is -0.268 e. The molecule has 0 fully saturated rings. The van der Waals surface area contributed by atoms with E-state index in [4.69, 9.17) is 0 Å². The molecular weight excluding hydrogens is 182 g/mol. The Morgan fingerprint density at radius 2 is 2.33 bits per heavy atom. The van der Waals surface area contributed by atoms with Gasteiger partial charge in [-0.05, 0) is 0 Å². The Bertz CT molecular complexity index is 318. The third-order valence-electron chi connectivity index (χ3n) is 1.09. The smallest absolute Gasteiger partial charge is 0.264 e. The van der Waals surface area contributed by atoms with E-state index in [1.165, 1.54) is 10.9 Å². The summed E-state index contributed by atoms with van der Waals surface area (Å²) in [7, 11) is -3.34. The molecule has 1 aromatic heterocycles. The fraction of sp³-hybridized carbons (Fsp3) is 0.600. The van der Waals surface area contributed by atoms with Gasteiger partial charge in [0, 0.05) is 6.20 Å². The van der Waals surface area contributed by atoms with Crippen molar-refractivity contribution in [2.45, 2.75) is 6.54 Å².